The topological polar surface area (TPSA) is 123 Å². The van der Waals surface area contributed by atoms with Crippen molar-refractivity contribution in [2.45, 2.75) is 122 Å². The monoisotopic (exact) mass is 581 g/mol. The van der Waals surface area contributed by atoms with Gasteiger partial charge in [-0.15, -0.1) is 0 Å². The first-order valence-electron chi connectivity index (χ1n) is 15.6. The minimum atomic E-state index is -1.70. The van der Waals surface area contributed by atoms with E-state index >= 15 is 0 Å². The lowest BCUT2D eigenvalue weighted by atomic mass is 9.70. The minimum Gasteiger partial charge on any atom is -0.462 e. The molecule has 5 aliphatic rings. The molecule has 9 heteroatoms. The Balaban J connectivity index is 1.53. The van der Waals surface area contributed by atoms with E-state index in [9.17, 15) is 15.4 Å². The van der Waals surface area contributed by atoms with Crippen molar-refractivity contribution < 1.29 is 28.8 Å². The van der Waals surface area contributed by atoms with Crippen LogP contribution in [0.15, 0.2) is 52.2 Å². The zero-order valence-corrected chi connectivity index (χ0v) is 25.9. The lowest BCUT2D eigenvalue weighted by Crippen LogP contribution is -2.58. The second-order valence-electron chi connectivity index (χ2n) is 13.6. The number of nitrogens with zero attached hydrogens (tertiary/aromatic N) is 3. The number of ether oxygens (including phenoxy) is 4. The zero-order valence-electron chi connectivity index (χ0n) is 25.9. The Morgan fingerprint density at radius 3 is 2.71 bits per heavy atom. The molecule has 42 heavy (non-hydrogen) atoms. The fraction of sp³-hybridized carbons (Fsp3) is 0.727. The molecule has 9 nitrogen and oxygen atoms in total. The van der Waals surface area contributed by atoms with Gasteiger partial charge in [0.25, 0.3) is 0 Å². The summed E-state index contributed by atoms with van der Waals surface area (Å²) in [4.78, 5) is 17.1. The Morgan fingerprint density at radius 1 is 1.19 bits per heavy atom. The van der Waals surface area contributed by atoms with Gasteiger partial charge in [-0.25, -0.2) is 0 Å². The smallest absolute Gasteiger partial charge is 0.316 e. The van der Waals surface area contributed by atoms with Crippen LogP contribution >= 0.6 is 0 Å². The minimum absolute atomic E-state index is 0.0583. The van der Waals surface area contributed by atoms with Crippen molar-refractivity contribution in [3.05, 3.63) is 57.5 Å². The highest BCUT2D eigenvalue weighted by molar-refractivity contribution is 5.78. The quantitative estimate of drug-likeness (QED) is 0.131. The molecule has 0 radical (unpaired) electrons. The van der Waals surface area contributed by atoms with Crippen molar-refractivity contribution in [3.63, 3.8) is 0 Å². The number of rotatable bonds is 2. The molecule has 0 amide bonds. The molecule has 3 fully saturated rings. The van der Waals surface area contributed by atoms with Crippen molar-refractivity contribution in [1.82, 2.24) is 0 Å². The molecule has 0 saturated carbocycles. The summed E-state index contributed by atoms with van der Waals surface area (Å²) in [5.74, 6) is -1.31. The number of hydrogen-bond donors (Lipinski definition) is 1. The third kappa shape index (κ3) is 6.00. The number of hydrogen-bond acceptors (Lipinski definition) is 7. The number of esters is 1. The van der Waals surface area contributed by atoms with Crippen LogP contribution in [0.25, 0.3) is 10.4 Å². The number of carbonyl (C=O) groups is 1. The zero-order chi connectivity index (χ0) is 30.2. The van der Waals surface area contributed by atoms with Crippen LogP contribution in [0.5, 0.6) is 0 Å². The van der Waals surface area contributed by atoms with Crippen LogP contribution in [0.3, 0.4) is 0 Å². The van der Waals surface area contributed by atoms with Gasteiger partial charge < -0.3 is 24.1 Å². The molecule has 3 saturated heterocycles. The van der Waals surface area contributed by atoms with E-state index in [0.717, 1.165) is 19.3 Å². The van der Waals surface area contributed by atoms with E-state index in [1.165, 1.54) is 5.57 Å². The maximum absolute atomic E-state index is 14.1. The average Bonchev–Trinajstić information content (AvgIpc) is 3.26. The fourth-order valence-electron chi connectivity index (χ4n) is 7.69. The third-order valence-corrected chi connectivity index (χ3v) is 9.84. The normalized spacial score (nSPS) is 45.9. The number of azide groups is 1. The summed E-state index contributed by atoms with van der Waals surface area (Å²) in [6.07, 6.45) is 12.7. The van der Waals surface area contributed by atoms with Gasteiger partial charge >= 0.3 is 5.97 Å². The molecule has 4 aliphatic heterocycles. The molecule has 10 atom stereocenters. The van der Waals surface area contributed by atoms with Crippen LogP contribution in [0.4, 0.5) is 0 Å². The lowest BCUT2D eigenvalue weighted by Gasteiger charge is -2.50. The highest BCUT2D eigenvalue weighted by Gasteiger charge is 2.60. The summed E-state index contributed by atoms with van der Waals surface area (Å²) in [6.45, 7) is 12.8. The molecule has 230 valence electrons. The Morgan fingerprint density at radius 2 is 1.98 bits per heavy atom. The molecular formula is C33H47N3O6. The van der Waals surface area contributed by atoms with Gasteiger partial charge in [0, 0.05) is 24.2 Å². The lowest BCUT2D eigenvalue weighted by molar-refractivity contribution is -0.340. The molecule has 1 aliphatic carbocycles. The molecule has 1 spiro atoms. The van der Waals surface area contributed by atoms with Gasteiger partial charge in [-0.2, -0.15) is 0 Å². The van der Waals surface area contributed by atoms with E-state index in [0.29, 0.717) is 42.2 Å². The van der Waals surface area contributed by atoms with Crippen LogP contribution in [0, 0.1) is 23.7 Å². The van der Waals surface area contributed by atoms with Crippen molar-refractivity contribution in [2.75, 3.05) is 6.61 Å². The van der Waals surface area contributed by atoms with E-state index in [1.54, 1.807) is 13.0 Å². The molecule has 0 unspecified atom stereocenters. The maximum Gasteiger partial charge on any atom is 0.316 e. The van der Waals surface area contributed by atoms with E-state index in [2.05, 4.69) is 56.8 Å². The van der Waals surface area contributed by atoms with E-state index < -0.39 is 41.5 Å². The number of carbonyl (C=O) groups excluding carboxylic acids is 1. The Kier molecular flexibility index (Phi) is 9.08. The van der Waals surface area contributed by atoms with Crippen LogP contribution < -0.4 is 0 Å². The number of fused-ring (bicyclic) bond motifs is 2. The first kappa shape index (κ1) is 31.0. The molecule has 1 N–H and O–H groups in total. The summed E-state index contributed by atoms with van der Waals surface area (Å²) >= 11 is 0. The van der Waals surface area contributed by atoms with Gasteiger partial charge in [0.2, 0.25) is 0 Å². The highest BCUT2D eigenvalue weighted by atomic mass is 16.7. The maximum atomic E-state index is 14.1. The van der Waals surface area contributed by atoms with Gasteiger partial charge in [0.05, 0.1) is 24.9 Å². The molecule has 0 aromatic heterocycles. The number of aliphatic hydroxyl groups is 1. The molecule has 0 aromatic rings. The van der Waals surface area contributed by atoms with E-state index in [-0.39, 0.29) is 24.7 Å². The predicted molar refractivity (Wildman–Crippen MR) is 159 cm³/mol. The standard InChI is InChI=1S/C33H47N3O6/c1-19(2)29-22(5)12-13-32(42-29)17-26-16-25(41-32)11-10-21(4)14-20(3)8-7-9-24-18-39-30-28(35-36-34)23(6)15-27(31(37)40-26)33(24,30)38/h7-10,15,19-20,22,25-30,38H,11-14,16-18H2,1-6H3/b8-7+,21-10+,24-9+/t20-,22-,25+,26-,27-,28+,29+,30+,32+,33+/m0/s1. The first-order chi connectivity index (χ1) is 20.0. The Bertz CT molecular complexity index is 1220. The Hall–Kier alpha value is -2.42. The molecule has 0 aromatic carbocycles. The van der Waals surface area contributed by atoms with Gasteiger partial charge in [-0.3, -0.25) is 4.79 Å². The summed E-state index contributed by atoms with van der Waals surface area (Å²) in [5, 5.41) is 16.2. The van der Waals surface area contributed by atoms with Crippen molar-refractivity contribution in [1.29, 1.82) is 0 Å². The Labute approximate surface area is 249 Å². The fourth-order valence-corrected chi connectivity index (χ4v) is 7.69. The van der Waals surface area contributed by atoms with Gasteiger partial charge in [0.1, 0.15) is 23.7 Å². The van der Waals surface area contributed by atoms with Gasteiger partial charge in [-0.1, -0.05) is 74.3 Å². The number of allylic oxidation sites excluding steroid dienone is 4. The van der Waals surface area contributed by atoms with Gasteiger partial charge in [0.15, 0.2) is 5.79 Å². The van der Waals surface area contributed by atoms with Crippen molar-refractivity contribution in [3.8, 4) is 0 Å². The highest BCUT2D eigenvalue weighted by Crippen LogP contribution is 2.48. The largest absolute Gasteiger partial charge is 0.462 e. The van der Waals surface area contributed by atoms with Gasteiger partial charge in [-0.05, 0) is 62.0 Å². The molecular weight excluding hydrogens is 534 g/mol. The summed E-state index contributed by atoms with van der Waals surface area (Å²) in [7, 11) is 0. The summed E-state index contributed by atoms with van der Waals surface area (Å²) in [6, 6.07) is -0.724. The summed E-state index contributed by atoms with van der Waals surface area (Å²) < 4.78 is 25.8. The second-order valence-corrected chi connectivity index (χ2v) is 13.6. The van der Waals surface area contributed by atoms with Crippen LogP contribution in [0.2, 0.25) is 0 Å². The third-order valence-electron chi connectivity index (χ3n) is 9.84. The van der Waals surface area contributed by atoms with Crippen LogP contribution in [0.1, 0.15) is 80.1 Å². The van der Waals surface area contributed by atoms with Crippen molar-refractivity contribution >= 4 is 5.97 Å². The molecule has 4 heterocycles. The van der Waals surface area contributed by atoms with Crippen LogP contribution in [-0.2, 0) is 23.7 Å². The summed E-state index contributed by atoms with van der Waals surface area (Å²) in [5.41, 5.74) is 10.1. The van der Waals surface area contributed by atoms with Crippen LogP contribution in [-0.4, -0.2) is 59.5 Å². The molecule has 2 bridgehead atoms. The first-order valence-corrected chi connectivity index (χ1v) is 15.6. The molecule has 5 rings (SSSR count). The SMILES string of the molecule is CC1=C[C@H]2C(=O)O[C@H]3C[C@@H](C/C=C(\C)C[C@@H](C)/C=C/C=C4\CO[C@H]([C@@H]1N=[N+]=[N-])[C@@]42O)O[C@@]1(CC[C@H](C)[C@@H](C(C)C)O1)C3. The van der Waals surface area contributed by atoms with E-state index in [4.69, 9.17) is 18.9 Å². The second kappa shape index (κ2) is 12.3. The van der Waals surface area contributed by atoms with E-state index in [1.807, 2.05) is 12.2 Å². The average molecular weight is 582 g/mol. The predicted octanol–water partition coefficient (Wildman–Crippen LogP) is 6.49. The van der Waals surface area contributed by atoms with Crippen molar-refractivity contribution in [2.24, 2.45) is 28.8 Å².